The zero-order chi connectivity index (χ0) is 13.4. The van der Waals surface area contributed by atoms with Crippen molar-refractivity contribution in [2.45, 2.75) is 46.1 Å². The Morgan fingerprint density at radius 3 is 2.56 bits per heavy atom. The monoisotopic (exact) mass is 248 g/mol. The first-order chi connectivity index (χ1) is 8.72. The first-order valence-corrected chi connectivity index (χ1v) is 7.22. The van der Waals surface area contributed by atoms with Gasteiger partial charge in [0.05, 0.1) is 0 Å². The normalized spacial score (nSPS) is 12.4. The molecule has 0 heterocycles. The second kappa shape index (κ2) is 8.15. The molecule has 2 nitrogen and oxygen atoms in total. The van der Waals surface area contributed by atoms with E-state index >= 15 is 0 Å². The van der Waals surface area contributed by atoms with Gasteiger partial charge in [0.2, 0.25) is 0 Å². The van der Waals surface area contributed by atoms with Gasteiger partial charge in [-0.25, -0.2) is 0 Å². The molecule has 1 atom stereocenters. The Balaban J connectivity index is 2.65. The summed E-state index contributed by atoms with van der Waals surface area (Å²) in [5.74, 6) is 0.792. The Kier molecular flexibility index (Phi) is 6.81. The number of nitrogens with zero attached hydrogens (tertiary/aromatic N) is 1. The van der Waals surface area contributed by atoms with Gasteiger partial charge >= 0.3 is 0 Å². The van der Waals surface area contributed by atoms with Gasteiger partial charge in [0.25, 0.3) is 0 Å². The van der Waals surface area contributed by atoms with E-state index in [1.807, 2.05) is 0 Å². The van der Waals surface area contributed by atoms with Crippen molar-refractivity contribution in [1.82, 2.24) is 0 Å². The quantitative estimate of drug-likeness (QED) is 0.758. The van der Waals surface area contributed by atoms with E-state index in [0.29, 0.717) is 6.54 Å². The first kappa shape index (κ1) is 15.0. The van der Waals surface area contributed by atoms with Crippen molar-refractivity contribution in [2.75, 3.05) is 18.5 Å². The van der Waals surface area contributed by atoms with Crippen LogP contribution in [0.4, 0.5) is 5.69 Å². The van der Waals surface area contributed by atoms with Crippen LogP contribution in [0.3, 0.4) is 0 Å². The lowest BCUT2D eigenvalue weighted by molar-refractivity contribution is 0.453. The van der Waals surface area contributed by atoms with Crippen LogP contribution in [0.2, 0.25) is 0 Å². The van der Waals surface area contributed by atoms with E-state index in [4.69, 9.17) is 5.73 Å². The third kappa shape index (κ3) is 4.34. The number of anilines is 1. The standard InChI is InChI=1S/C16H28N2/c1-4-6-9-14(5-2)13-18(3)16-11-8-7-10-15(16)12-17/h7-8,10-11,14H,4-6,9,12-13,17H2,1-3H3. The van der Waals surface area contributed by atoms with Gasteiger partial charge in [0.15, 0.2) is 0 Å². The van der Waals surface area contributed by atoms with Crippen molar-refractivity contribution in [3.8, 4) is 0 Å². The number of rotatable bonds is 8. The Labute approximate surface area is 112 Å². The van der Waals surface area contributed by atoms with Crippen LogP contribution in [0.5, 0.6) is 0 Å². The van der Waals surface area contributed by atoms with Crippen molar-refractivity contribution in [2.24, 2.45) is 11.7 Å². The van der Waals surface area contributed by atoms with E-state index < -0.39 is 0 Å². The molecule has 18 heavy (non-hydrogen) atoms. The molecule has 102 valence electrons. The van der Waals surface area contributed by atoms with Crippen LogP contribution in [0.1, 0.15) is 45.1 Å². The molecule has 0 saturated heterocycles. The fourth-order valence-electron chi connectivity index (χ4n) is 2.46. The zero-order valence-electron chi connectivity index (χ0n) is 12.2. The topological polar surface area (TPSA) is 29.3 Å². The highest BCUT2D eigenvalue weighted by atomic mass is 15.1. The average Bonchev–Trinajstić information content (AvgIpc) is 2.43. The van der Waals surface area contributed by atoms with Crippen LogP contribution in [0, 0.1) is 5.92 Å². The molecule has 0 saturated carbocycles. The predicted octanol–water partition coefficient (Wildman–Crippen LogP) is 3.80. The van der Waals surface area contributed by atoms with Crippen molar-refractivity contribution in [3.05, 3.63) is 29.8 Å². The van der Waals surface area contributed by atoms with Crippen molar-refractivity contribution < 1.29 is 0 Å². The molecular formula is C16H28N2. The van der Waals surface area contributed by atoms with Gasteiger partial charge in [-0.1, -0.05) is 51.3 Å². The van der Waals surface area contributed by atoms with Gasteiger partial charge in [0, 0.05) is 25.8 Å². The molecule has 0 fully saturated rings. The summed E-state index contributed by atoms with van der Waals surface area (Å²) < 4.78 is 0. The molecule has 0 radical (unpaired) electrons. The number of nitrogens with two attached hydrogens (primary N) is 1. The second-order valence-corrected chi connectivity index (χ2v) is 5.13. The summed E-state index contributed by atoms with van der Waals surface area (Å²) in [6.45, 7) is 6.31. The molecule has 2 heteroatoms. The highest BCUT2D eigenvalue weighted by Gasteiger charge is 2.11. The molecule has 0 bridgehead atoms. The van der Waals surface area contributed by atoms with E-state index in [1.165, 1.54) is 36.9 Å². The highest BCUT2D eigenvalue weighted by Crippen LogP contribution is 2.22. The fourth-order valence-corrected chi connectivity index (χ4v) is 2.46. The molecule has 0 aliphatic rings. The van der Waals surface area contributed by atoms with Gasteiger partial charge in [0.1, 0.15) is 0 Å². The number of unbranched alkanes of at least 4 members (excludes halogenated alkanes) is 1. The molecule has 0 spiro atoms. The Morgan fingerprint density at radius 2 is 1.94 bits per heavy atom. The molecule has 0 aliphatic carbocycles. The van der Waals surface area contributed by atoms with Gasteiger partial charge in [-0.3, -0.25) is 0 Å². The number of para-hydroxylation sites is 1. The van der Waals surface area contributed by atoms with E-state index in [0.717, 1.165) is 12.5 Å². The van der Waals surface area contributed by atoms with Crippen LogP contribution in [0.15, 0.2) is 24.3 Å². The molecule has 1 aromatic carbocycles. The third-order valence-electron chi connectivity index (χ3n) is 3.70. The molecule has 0 amide bonds. The van der Waals surface area contributed by atoms with Crippen molar-refractivity contribution in [3.63, 3.8) is 0 Å². The van der Waals surface area contributed by atoms with E-state index in [9.17, 15) is 0 Å². The van der Waals surface area contributed by atoms with Gasteiger partial charge < -0.3 is 10.6 Å². The molecule has 0 aliphatic heterocycles. The molecule has 1 unspecified atom stereocenters. The minimum atomic E-state index is 0.617. The minimum absolute atomic E-state index is 0.617. The summed E-state index contributed by atoms with van der Waals surface area (Å²) >= 11 is 0. The number of benzene rings is 1. The SMILES string of the molecule is CCCCC(CC)CN(C)c1ccccc1CN. The van der Waals surface area contributed by atoms with Gasteiger partial charge in [-0.15, -0.1) is 0 Å². The van der Waals surface area contributed by atoms with Crippen LogP contribution in [0.25, 0.3) is 0 Å². The van der Waals surface area contributed by atoms with Crippen LogP contribution in [-0.2, 0) is 6.54 Å². The molecular weight excluding hydrogens is 220 g/mol. The lowest BCUT2D eigenvalue weighted by Gasteiger charge is -2.27. The van der Waals surface area contributed by atoms with Crippen LogP contribution in [-0.4, -0.2) is 13.6 Å². The summed E-state index contributed by atoms with van der Waals surface area (Å²) in [6.07, 6.45) is 5.22. The summed E-state index contributed by atoms with van der Waals surface area (Å²) in [5, 5.41) is 0. The van der Waals surface area contributed by atoms with E-state index in [2.05, 4.69) is 50.1 Å². The first-order valence-electron chi connectivity index (χ1n) is 7.22. The summed E-state index contributed by atoms with van der Waals surface area (Å²) in [5.41, 5.74) is 8.33. The molecule has 1 aromatic rings. The van der Waals surface area contributed by atoms with E-state index in [-0.39, 0.29) is 0 Å². The molecule has 2 N–H and O–H groups in total. The summed E-state index contributed by atoms with van der Waals surface area (Å²) in [6, 6.07) is 8.46. The van der Waals surface area contributed by atoms with E-state index in [1.54, 1.807) is 0 Å². The zero-order valence-corrected chi connectivity index (χ0v) is 12.2. The average molecular weight is 248 g/mol. The molecule has 1 rings (SSSR count). The van der Waals surface area contributed by atoms with Crippen molar-refractivity contribution >= 4 is 5.69 Å². The number of hydrogen-bond acceptors (Lipinski definition) is 2. The molecule has 0 aromatic heterocycles. The maximum absolute atomic E-state index is 5.81. The lowest BCUT2D eigenvalue weighted by Crippen LogP contribution is -2.26. The second-order valence-electron chi connectivity index (χ2n) is 5.13. The maximum atomic E-state index is 5.81. The van der Waals surface area contributed by atoms with Crippen LogP contribution >= 0.6 is 0 Å². The van der Waals surface area contributed by atoms with Gasteiger partial charge in [-0.2, -0.15) is 0 Å². The summed E-state index contributed by atoms with van der Waals surface area (Å²) in [4.78, 5) is 2.37. The fraction of sp³-hybridized carbons (Fsp3) is 0.625. The smallest absolute Gasteiger partial charge is 0.0409 e. The largest absolute Gasteiger partial charge is 0.374 e. The number of hydrogen-bond donors (Lipinski definition) is 1. The lowest BCUT2D eigenvalue weighted by atomic mass is 9.98. The Hall–Kier alpha value is -1.02. The third-order valence-corrected chi connectivity index (χ3v) is 3.70. The minimum Gasteiger partial charge on any atom is -0.374 e. The van der Waals surface area contributed by atoms with Crippen molar-refractivity contribution in [1.29, 1.82) is 0 Å². The highest BCUT2D eigenvalue weighted by molar-refractivity contribution is 5.52. The van der Waals surface area contributed by atoms with Crippen LogP contribution < -0.4 is 10.6 Å². The maximum Gasteiger partial charge on any atom is 0.0409 e. The Bertz CT molecular complexity index is 336. The van der Waals surface area contributed by atoms with Gasteiger partial charge in [-0.05, 0) is 24.0 Å². The predicted molar refractivity (Wildman–Crippen MR) is 80.9 cm³/mol. The summed E-state index contributed by atoms with van der Waals surface area (Å²) in [7, 11) is 2.18. The Morgan fingerprint density at radius 1 is 1.22 bits per heavy atom.